The van der Waals surface area contributed by atoms with Gasteiger partial charge in [0.05, 0.1) is 16.6 Å². The van der Waals surface area contributed by atoms with Crippen molar-refractivity contribution in [2.24, 2.45) is 0 Å². The minimum absolute atomic E-state index is 0.0102. The molecule has 0 spiro atoms. The number of carbonyl (C=O) groups is 1. The van der Waals surface area contributed by atoms with Gasteiger partial charge in [0.25, 0.3) is 0 Å². The van der Waals surface area contributed by atoms with Gasteiger partial charge in [-0.1, -0.05) is 12.1 Å². The molecule has 0 bridgehead atoms. The lowest BCUT2D eigenvalue weighted by atomic mass is 10.0. The van der Waals surface area contributed by atoms with E-state index in [0.717, 1.165) is 16.7 Å². The van der Waals surface area contributed by atoms with Crippen LogP contribution in [0.3, 0.4) is 0 Å². The Bertz CT molecular complexity index is 720. The Morgan fingerprint density at radius 1 is 1.21 bits per heavy atom. The molecule has 0 fully saturated rings. The van der Waals surface area contributed by atoms with Crippen molar-refractivity contribution in [3.8, 4) is 0 Å². The van der Waals surface area contributed by atoms with Gasteiger partial charge in [0.15, 0.2) is 11.6 Å². The van der Waals surface area contributed by atoms with Crippen molar-refractivity contribution in [1.82, 2.24) is 15.4 Å². The molecule has 5 nitrogen and oxygen atoms in total. The fourth-order valence-electron chi connectivity index (χ4n) is 2.36. The third-order valence-corrected chi connectivity index (χ3v) is 3.17. The molecule has 0 saturated carbocycles. The molecule has 1 aromatic heterocycles. The average molecular weight is 254 g/mol. The third-order valence-electron chi connectivity index (χ3n) is 3.17. The first-order chi connectivity index (χ1) is 9.08. The van der Waals surface area contributed by atoms with Crippen molar-refractivity contribution in [1.29, 1.82) is 0 Å². The van der Waals surface area contributed by atoms with Crippen molar-refractivity contribution >= 4 is 28.2 Å². The number of nitrogens with one attached hydrogen (secondary N) is 1. The van der Waals surface area contributed by atoms with Crippen LogP contribution in [0.5, 0.6) is 0 Å². The highest BCUT2D eigenvalue weighted by atomic mass is 16.1. The van der Waals surface area contributed by atoms with Crippen LogP contribution in [-0.4, -0.2) is 22.8 Å². The maximum absolute atomic E-state index is 11.8. The van der Waals surface area contributed by atoms with E-state index in [4.69, 9.17) is 0 Å². The first kappa shape index (κ1) is 11.6. The zero-order valence-electron chi connectivity index (χ0n) is 11.1. The molecule has 1 aromatic carbocycles. The molecule has 2 heterocycles. The fourth-order valence-corrected chi connectivity index (χ4v) is 2.36. The lowest BCUT2D eigenvalue weighted by Gasteiger charge is -2.29. The Morgan fingerprint density at radius 2 is 1.84 bits per heavy atom. The van der Waals surface area contributed by atoms with Gasteiger partial charge in [0, 0.05) is 12.7 Å². The summed E-state index contributed by atoms with van der Waals surface area (Å²) in [4.78, 5) is 21.0. The van der Waals surface area contributed by atoms with E-state index < -0.39 is 0 Å². The number of hydrazine groups is 1. The maximum atomic E-state index is 11.8. The van der Waals surface area contributed by atoms with Crippen LogP contribution in [0, 0.1) is 0 Å². The number of allylic oxidation sites excluding steroid dienone is 2. The zero-order valence-corrected chi connectivity index (χ0v) is 11.1. The molecular weight excluding hydrogens is 240 g/mol. The molecule has 19 heavy (non-hydrogen) atoms. The van der Waals surface area contributed by atoms with Crippen LogP contribution in [0.25, 0.3) is 16.6 Å². The molecule has 0 amide bonds. The second-order valence-electron chi connectivity index (χ2n) is 4.61. The Morgan fingerprint density at radius 3 is 2.47 bits per heavy atom. The number of rotatable bonds is 1. The molecule has 0 radical (unpaired) electrons. The highest BCUT2D eigenvalue weighted by Crippen LogP contribution is 2.30. The van der Waals surface area contributed by atoms with Crippen LogP contribution in [0.15, 0.2) is 30.0 Å². The molecule has 1 aliphatic heterocycles. The van der Waals surface area contributed by atoms with Gasteiger partial charge in [-0.2, -0.15) is 0 Å². The van der Waals surface area contributed by atoms with Crippen molar-refractivity contribution < 1.29 is 4.79 Å². The molecule has 0 unspecified atom stereocenters. The molecule has 0 atom stereocenters. The van der Waals surface area contributed by atoms with E-state index in [1.807, 2.05) is 38.2 Å². The first-order valence-corrected chi connectivity index (χ1v) is 6.07. The van der Waals surface area contributed by atoms with E-state index in [-0.39, 0.29) is 5.78 Å². The van der Waals surface area contributed by atoms with E-state index in [0.29, 0.717) is 17.1 Å². The molecule has 0 aliphatic carbocycles. The zero-order chi connectivity index (χ0) is 13.6. The summed E-state index contributed by atoms with van der Waals surface area (Å²) in [6.07, 6.45) is 0. The van der Waals surface area contributed by atoms with Crippen LogP contribution in [0.4, 0.5) is 5.82 Å². The molecule has 0 saturated heterocycles. The van der Waals surface area contributed by atoms with E-state index in [1.54, 1.807) is 11.9 Å². The van der Waals surface area contributed by atoms with Gasteiger partial charge in [-0.05, 0) is 26.0 Å². The average Bonchev–Trinajstić information content (AvgIpc) is 2.36. The van der Waals surface area contributed by atoms with Gasteiger partial charge in [0.1, 0.15) is 5.69 Å². The third kappa shape index (κ3) is 1.74. The summed E-state index contributed by atoms with van der Waals surface area (Å²) in [5.74, 6) is 0.665. The first-order valence-electron chi connectivity index (χ1n) is 6.07. The molecule has 5 heteroatoms. The van der Waals surface area contributed by atoms with Gasteiger partial charge in [0.2, 0.25) is 0 Å². The minimum atomic E-state index is -0.0102. The number of para-hydroxylation sites is 2. The normalized spacial score (nSPS) is 14.4. The monoisotopic (exact) mass is 254 g/mol. The lowest BCUT2D eigenvalue weighted by Crippen LogP contribution is -2.38. The van der Waals surface area contributed by atoms with Crippen molar-refractivity contribution in [2.75, 3.05) is 12.1 Å². The Hall–Kier alpha value is -2.43. The van der Waals surface area contributed by atoms with Crippen LogP contribution >= 0.6 is 0 Å². The van der Waals surface area contributed by atoms with Crippen LogP contribution < -0.4 is 10.4 Å². The molecule has 1 N–H and O–H groups in total. The number of ketones is 1. The predicted octanol–water partition coefficient (Wildman–Crippen LogP) is 1.90. The summed E-state index contributed by atoms with van der Waals surface area (Å²) >= 11 is 0. The van der Waals surface area contributed by atoms with Crippen LogP contribution in [-0.2, 0) is 4.79 Å². The van der Waals surface area contributed by atoms with Gasteiger partial charge >= 0.3 is 0 Å². The standard InChI is InChI=1S/C14H14N4O/c1-8-12(9(2)19)13-14(18(3)17-8)16-11-7-5-4-6-10(11)15-13/h4-7,17H,1-3H3. The minimum Gasteiger partial charge on any atom is -0.301 e. The van der Waals surface area contributed by atoms with Gasteiger partial charge in [-0.15, -0.1) is 0 Å². The summed E-state index contributed by atoms with van der Waals surface area (Å²) in [5.41, 5.74) is 6.78. The number of fused-ring (bicyclic) bond motifs is 2. The Kier molecular flexibility index (Phi) is 2.48. The molecule has 2 aromatic rings. The molecular formula is C14H14N4O. The lowest BCUT2D eigenvalue weighted by molar-refractivity contribution is -0.111. The summed E-state index contributed by atoms with van der Waals surface area (Å²) in [5, 5.41) is 1.79. The van der Waals surface area contributed by atoms with E-state index in [1.165, 1.54) is 0 Å². The maximum Gasteiger partial charge on any atom is 0.174 e. The fraction of sp³-hybridized carbons (Fsp3) is 0.214. The largest absolute Gasteiger partial charge is 0.301 e. The Balaban J connectivity index is 2.35. The van der Waals surface area contributed by atoms with Crippen LogP contribution in [0.2, 0.25) is 0 Å². The van der Waals surface area contributed by atoms with Gasteiger partial charge < -0.3 is 5.43 Å². The number of anilines is 1. The quantitative estimate of drug-likeness (QED) is 0.842. The number of nitrogens with zero attached hydrogens (tertiary/aromatic N) is 3. The SMILES string of the molecule is CC(=O)C1=C(C)NN(C)c2nc3ccccc3nc21. The van der Waals surface area contributed by atoms with Crippen molar-refractivity contribution in [2.45, 2.75) is 13.8 Å². The smallest absolute Gasteiger partial charge is 0.174 e. The summed E-state index contributed by atoms with van der Waals surface area (Å²) in [6.45, 7) is 3.42. The topological polar surface area (TPSA) is 58.1 Å². The summed E-state index contributed by atoms with van der Waals surface area (Å²) in [6, 6.07) is 7.65. The number of hydrogen-bond acceptors (Lipinski definition) is 5. The molecule has 1 aliphatic rings. The highest BCUT2D eigenvalue weighted by Gasteiger charge is 2.26. The number of benzene rings is 1. The van der Waals surface area contributed by atoms with E-state index in [9.17, 15) is 4.79 Å². The van der Waals surface area contributed by atoms with Crippen LogP contribution in [0.1, 0.15) is 19.5 Å². The van der Waals surface area contributed by atoms with Crippen molar-refractivity contribution in [3.63, 3.8) is 0 Å². The molecule has 3 rings (SSSR count). The highest BCUT2D eigenvalue weighted by molar-refractivity contribution is 6.21. The second-order valence-corrected chi connectivity index (χ2v) is 4.61. The van der Waals surface area contributed by atoms with E-state index in [2.05, 4.69) is 15.4 Å². The Labute approximate surface area is 110 Å². The van der Waals surface area contributed by atoms with Gasteiger partial charge in [-0.25, -0.2) is 9.97 Å². The van der Waals surface area contributed by atoms with Gasteiger partial charge in [-0.3, -0.25) is 9.80 Å². The number of carbonyl (C=O) groups excluding carboxylic acids is 1. The number of hydrogen-bond donors (Lipinski definition) is 1. The summed E-state index contributed by atoms with van der Waals surface area (Å²) in [7, 11) is 1.86. The van der Waals surface area contributed by atoms with Crippen molar-refractivity contribution in [3.05, 3.63) is 35.7 Å². The predicted molar refractivity (Wildman–Crippen MR) is 74.4 cm³/mol. The number of aromatic nitrogens is 2. The number of Topliss-reactive ketones (excluding diaryl/α,β-unsaturated/α-hetero) is 1. The second kappa shape index (κ2) is 4.05. The summed E-state index contributed by atoms with van der Waals surface area (Å²) < 4.78 is 0. The molecule has 96 valence electrons. The van der Waals surface area contributed by atoms with E-state index >= 15 is 0 Å².